The molecule has 1 N–H and O–H groups in total. The lowest BCUT2D eigenvalue weighted by atomic mass is 10.3. The zero-order chi connectivity index (χ0) is 13.8. The van der Waals surface area contributed by atoms with Crippen LogP contribution in [0.2, 0.25) is 0 Å². The average molecular weight is 273 g/mol. The molecule has 0 bridgehead atoms. The second-order valence-corrected chi connectivity index (χ2v) is 6.06. The Labute approximate surface area is 108 Å². The monoisotopic (exact) mass is 273 g/mol. The van der Waals surface area contributed by atoms with Gasteiger partial charge in [0.25, 0.3) is 0 Å². The van der Waals surface area contributed by atoms with E-state index >= 15 is 0 Å². The van der Waals surface area contributed by atoms with Crippen molar-refractivity contribution in [2.24, 2.45) is 0 Å². The fraction of sp³-hybridized carbons (Fsp3) is 0.500. The number of unbranched alkanes of at least 4 members (excludes halogenated alkanes) is 1. The maximum atomic E-state index is 12.2. The van der Waals surface area contributed by atoms with Gasteiger partial charge < -0.3 is 9.52 Å². The second kappa shape index (κ2) is 6.17. The number of sulfonamides is 1. The Balaban J connectivity index is 2.90. The van der Waals surface area contributed by atoms with E-state index in [1.165, 1.54) is 17.4 Å². The van der Waals surface area contributed by atoms with E-state index in [0.29, 0.717) is 12.3 Å². The van der Waals surface area contributed by atoms with Crippen LogP contribution < -0.4 is 0 Å². The van der Waals surface area contributed by atoms with Gasteiger partial charge in [-0.15, -0.1) is 6.58 Å². The van der Waals surface area contributed by atoms with Crippen molar-refractivity contribution in [3.63, 3.8) is 0 Å². The highest BCUT2D eigenvalue weighted by Crippen LogP contribution is 2.23. The van der Waals surface area contributed by atoms with Crippen molar-refractivity contribution in [2.75, 3.05) is 13.6 Å². The van der Waals surface area contributed by atoms with E-state index in [-0.39, 0.29) is 17.3 Å². The van der Waals surface area contributed by atoms with Crippen molar-refractivity contribution in [1.82, 2.24) is 4.31 Å². The molecule has 0 aromatic carbocycles. The van der Waals surface area contributed by atoms with Gasteiger partial charge in [0.15, 0.2) is 0 Å². The van der Waals surface area contributed by atoms with Crippen molar-refractivity contribution in [3.8, 4) is 0 Å². The standard InChI is InChI=1S/C12H19NO4S/c1-4-5-6-7-13(3)18(15,16)12-8-11(9-14)17-10(12)2/h4,8,14H,1,5-7,9H2,2-3H3. The minimum Gasteiger partial charge on any atom is -0.462 e. The summed E-state index contributed by atoms with van der Waals surface area (Å²) in [7, 11) is -2.01. The molecule has 0 unspecified atom stereocenters. The lowest BCUT2D eigenvalue weighted by molar-refractivity contribution is 0.244. The molecule has 0 spiro atoms. The summed E-state index contributed by atoms with van der Waals surface area (Å²) in [5, 5.41) is 8.94. The van der Waals surface area contributed by atoms with Crippen LogP contribution in [0.3, 0.4) is 0 Å². The van der Waals surface area contributed by atoms with Crippen LogP contribution in [-0.2, 0) is 16.6 Å². The number of nitrogens with zero attached hydrogens (tertiary/aromatic N) is 1. The molecular weight excluding hydrogens is 254 g/mol. The summed E-state index contributed by atoms with van der Waals surface area (Å²) in [5.74, 6) is 0.556. The SMILES string of the molecule is C=CCCCN(C)S(=O)(=O)c1cc(CO)oc1C. The van der Waals surface area contributed by atoms with Gasteiger partial charge in [0.05, 0.1) is 0 Å². The largest absolute Gasteiger partial charge is 0.462 e. The van der Waals surface area contributed by atoms with Crippen LogP contribution in [0.25, 0.3) is 0 Å². The van der Waals surface area contributed by atoms with E-state index in [0.717, 1.165) is 12.8 Å². The first-order valence-corrected chi connectivity index (χ1v) is 7.15. The average Bonchev–Trinajstić information content (AvgIpc) is 2.71. The van der Waals surface area contributed by atoms with Gasteiger partial charge in [-0.1, -0.05) is 6.08 Å². The van der Waals surface area contributed by atoms with Crippen LogP contribution in [0, 0.1) is 6.92 Å². The van der Waals surface area contributed by atoms with Crippen molar-refractivity contribution in [1.29, 1.82) is 0 Å². The third-order valence-corrected chi connectivity index (χ3v) is 4.61. The van der Waals surface area contributed by atoms with Gasteiger partial charge in [0, 0.05) is 19.7 Å². The third-order valence-electron chi connectivity index (χ3n) is 2.65. The van der Waals surface area contributed by atoms with Crippen molar-refractivity contribution < 1.29 is 17.9 Å². The van der Waals surface area contributed by atoms with Gasteiger partial charge >= 0.3 is 0 Å². The van der Waals surface area contributed by atoms with Crippen LogP contribution in [0.5, 0.6) is 0 Å². The summed E-state index contributed by atoms with van der Waals surface area (Å²) in [4.78, 5) is 0.118. The molecule has 0 saturated heterocycles. The predicted molar refractivity (Wildman–Crippen MR) is 68.6 cm³/mol. The number of rotatable bonds is 7. The summed E-state index contributed by atoms with van der Waals surface area (Å²) in [5.41, 5.74) is 0. The Morgan fingerprint density at radius 1 is 1.56 bits per heavy atom. The molecule has 1 rings (SSSR count). The molecule has 0 radical (unpaired) electrons. The predicted octanol–water partition coefficient (Wildman–Crippen LogP) is 1.67. The first-order chi connectivity index (χ1) is 8.43. The third kappa shape index (κ3) is 3.22. The minimum absolute atomic E-state index is 0.118. The molecule has 6 heteroatoms. The number of aryl methyl sites for hydroxylation is 1. The van der Waals surface area contributed by atoms with Crippen LogP contribution >= 0.6 is 0 Å². The summed E-state index contributed by atoms with van der Waals surface area (Å²) < 4.78 is 30.9. The quantitative estimate of drug-likeness (QED) is 0.606. The fourth-order valence-electron chi connectivity index (χ4n) is 1.60. The Hall–Kier alpha value is -1.11. The van der Waals surface area contributed by atoms with E-state index in [1.807, 2.05) is 0 Å². The zero-order valence-corrected chi connectivity index (χ0v) is 11.5. The number of aliphatic hydroxyl groups excluding tert-OH is 1. The van der Waals surface area contributed by atoms with E-state index in [2.05, 4.69) is 6.58 Å². The fourth-order valence-corrected chi connectivity index (χ4v) is 3.00. The highest BCUT2D eigenvalue weighted by Gasteiger charge is 2.25. The highest BCUT2D eigenvalue weighted by molar-refractivity contribution is 7.89. The van der Waals surface area contributed by atoms with Gasteiger partial charge in [-0.25, -0.2) is 12.7 Å². The lowest BCUT2D eigenvalue weighted by Gasteiger charge is -2.15. The zero-order valence-electron chi connectivity index (χ0n) is 10.7. The lowest BCUT2D eigenvalue weighted by Crippen LogP contribution is -2.28. The van der Waals surface area contributed by atoms with Gasteiger partial charge in [-0.3, -0.25) is 0 Å². The molecule has 0 aliphatic heterocycles. The molecule has 0 fully saturated rings. The Bertz CT molecular complexity index is 504. The molecule has 1 aromatic rings. The summed E-state index contributed by atoms with van der Waals surface area (Å²) in [6.45, 7) is 5.28. The van der Waals surface area contributed by atoms with Gasteiger partial charge in [0.1, 0.15) is 23.0 Å². The molecule has 1 aromatic heterocycles. The highest BCUT2D eigenvalue weighted by atomic mass is 32.2. The van der Waals surface area contributed by atoms with Gasteiger partial charge in [-0.2, -0.15) is 0 Å². The smallest absolute Gasteiger partial charge is 0.246 e. The van der Waals surface area contributed by atoms with E-state index in [1.54, 1.807) is 13.0 Å². The van der Waals surface area contributed by atoms with E-state index in [4.69, 9.17) is 9.52 Å². The molecule has 102 valence electrons. The number of allylic oxidation sites excluding steroid dienone is 1. The summed E-state index contributed by atoms with van der Waals surface area (Å²) in [6.07, 6.45) is 3.25. The Kier molecular flexibility index (Phi) is 5.13. The first kappa shape index (κ1) is 14.9. The molecule has 0 aliphatic carbocycles. The molecule has 18 heavy (non-hydrogen) atoms. The van der Waals surface area contributed by atoms with E-state index < -0.39 is 10.0 Å². The van der Waals surface area contributed by atoms with Crippen LogP contribution in [0.1, 0.15) is 24.4 Å². The molecule has 0 saturated carbocycles. The molecule has 1 heterocycles. The molecule has 0 atom stereocenters. The number of hydrogen-bond donors (Lipinski definition) is 1. The minimum atomic E-state index is -3.55. The van der Waals surface area contributed by atoms with Crippen molar-refractivity contribution in [2.45, 2.75) is 31.3 Å². The summed E-state index contributed by atoms with van der Waals surface area (Å²) in [6, 6.07) is 1.37. The Morgan fingerprint density at radius 2 is 2.22 bits per heavy atom. The molecular formula is C12H19NO4S. The maximum Gasteiger partial charge on any atom is 0.246 e. The normalized spacial score (nSPS) is 12.0. The molecule has 5 nitrogen and oxygen atoms in total. The second-order valence-electron chi connectivity index (χ2n) is 4.05. The van der Waals surface area contributed by atoms with Crippen LogP contribution in [0.4, 0.5) is 0 Å². The topological polar surface area (TPSA) is 70.8 Å². The van der Waals surface area contributed by atoms with Crippen molar-refractivity contribution >= 4 is 10.0 Å². The first-order valence-electron chi connectivity index (χ1n) is 5.71. The molecule has 0 aliphatic rings. The number of hydrogen-bond acceptors (Lipinski definition) is 4. The number of aliphatic hydroxyl groups is 1. The number of furan rings is 1. The van der Waals surface area contributed by atoms with Gasteiger partial charge in [0.2, 0.25) is 10.0 Å². The van der Waals surface area contributed by atoms with Crippen LogP contribution in [0.15, 0.2) is 28.0 Å². The summed E-state index contributed by atoms with van der Waals surface area (Å²) >= 11 is 0. The van der Waals surface area contributed by atoms with Crippen LogP contribution in [-0.4, -0.2) is 31.4 Å². The van der Waals surface area contributed by atoms with Gasteiger partial charge in [-0.05, 0) is 19.8 Å². The van der Waals surface area contributed by atoms with E-state index in [9.17, 15) is 8.42 Å². The van der Waals surface area contributed by atoms with Crippen molar-refractivity contribution in [3.05, 3.63) is 30.2 Å². The maximum absolute atomic E-state index is 12.2. The Morgan fingerprint density at radius 3 is 2.72 bits per heavy atom. The molecule has 0 amide bonds.